The van der Waals surface area contributed by atoms with Crippen LogP contribution in [0.3, 0.4) is 0 Å². The molecule has 1 unspecified atom stereocenters. The van der Waals surface area contributed by atoms with Crippen molar-refractivity contribution in [1.29, 1.82) is 0 Å². The van der Waals surface area contributed by atoms with Crippen LogP contribution in [0.5, 0.6) is 5.75 Å². The van der Waals surface area contributed by atoms with Gasteiger partial charge in [0, 0.05) is 28.9 Å². The Bertz CT molecular complexity index is 1970. The van der Waals surface area contributed by atoms with Crippen LogP contribution in [0.4, 0.5) is 4.79 Å². The van der Waals surface area contributed by atoms with Crippen molar-refractivity contribution >= 4 is 28.9 Å². The van der Waals surface area contributed by atoms with E-state index in [-0.39, 0.29) is 30.4 Å². The standard InChI is InChI=1S/C41H44N2O6/c1-40(2,3)49-37(44)27-15-17-31-34(20-27)42-24-41(38(45)43-28(23-48-39(43)46)19-25-11-7-5-8-12-25)22-33(41)32-21-29(47-4)16-18-30(32)36(42)35(31)26-13-9-6-10-14-26/h5,7-8,11-12,15-18,20-21,26,28,33H,6,9-10,13-14,19,22-24H2,1-4H3/t28-,33-,41?/m1/s1. The zero-order valence-corrected chi connectivity index (χ0v) is 28.8. The van der Waals surface area contributed by atoms with Crippen molar-refractivity contribution in [2.75, 3.05) is 13.7 Å². The van der Waals surface area contributed by atoms with Gasteiger partial charge in [-0.15, -0.1) is 0 Å². The van der Waals surface area contributed by atoms with Gasteiger partial charge in [-0.2, -0.15) is 0 Å². The van der Waals surface area contributed by atoms with Crippen molar-refractivity contribution < 1.29 is 28.6 Å². The first-order valence-electron chi connectivity index (χ1n) is 17.7. The lowest BCUT2D eigenvalue weighted by Gasteiger charge is -2.26. The molecule has 3 fully saturated rings. The molecule has 2 saturated carbocycles. The van der Waals surface area contributed by atoms with Crippen molar-refractivity contribution in [1.82, 2.24) is 9.47 Å². The zero-order chi connectivity index (χ0) is 34.1. The predicted octanol–water partition coefficient (Wildman–Crippen LogP) is 8.40. The number of aromatic nitrogens is 1. The van der Waals surface area contributed by atoms with E-state index < -0.39 is 17.1 Å². The minimum absolute atomic E-state index is 0.0981. The van der Waals surface area contributed by atoms with Crippen LogP contribution in [-0.4, -0.2) is 52.8 Å². The van der Waals surface area contributed by atoms with E-state index in [0.717, 1.165) is 51.9 Å². The number of methoxy groups -OCH3 is 1. The molecule has 4 aliphatic rings. The number of carbonyl (C=O) groups is 3. The summed E-state index contributed by atoms with van der Waals surface area (Å²) in [5.74, 6) is 0.442. The van der Waals surface area contributed by atoms with Gasteiger partial charge in [0.25, 0.3) is 0 Å². The second kappa shape index (κ2) is 11.8. The highest BCUT2D eigenvalue weighted by molar-refractivity contribution is 6.02. The van der Waals surface area contributed by atoms with E-state index >= 15 is 0 Å². The summed E-state index contributed by atoms with van der Waals surface area (Å²) >= 11 is 0. The first kappa shape index (κ1) is 31.7. The maximum absolute atomic E-state index is 15.0. The molecule has 2 aliphatic heterocycles. The van der Waals surface area contributed by atoms with E-state index in [1.54, 1.807) is 7.11 Å². The molecule has 8 rings (SSSR count). The van der Waals surface area contributed by atoms with E-state index in [0.29, 0.717) is 30.9 Å². The summed E-state index contributed by atoms with van der Waals surface area (Å²) in [5.41, 5.74) is 5.54. The summed E-state index contributed by atoms with van der Waals surface area (Å²) in [6.07, 6.45) is 6.34. The number of rotatable bonds is 6. The molecular weight excluding hydrogens is 616 g/mol. The Kier molecular flexibility index (Phi) is 7.61. The van der Waals surface area contributed by atoms with E-state index in [1.165, 1.54) is 29.7 Å². The normalized spacial score (nSPS) is 23.3. The number of carbonyl (C=O) groups excluding carboxylic acids is 3. The number of cyclic esters (lactones) is 1. The Hall–Kier alpha value is -4.59. The van der Waals surface area contributed by atoms with Crippen LogP contribution < -0.4 is 4.74 Å². The first-order chi connectivity index (χ1) is 23.6. The SMILES string of the molecule is COc1ccc2c(c1)[C@H]1CC1(C(=O)N1C(=O)OC[C@H]1Cc1ccccc1)Cn1c-2c(C2CCCCC2)c2ccc(C(=O)OC(C)(C)C)cc21. The molecule has 3 aromatic carbocycles. The van der Waals surface area contributed by atoms with Crippen LogP contribution in [0, 0.1) is 5.41 Å². The van der Waals surface area contributed by atoms with Gasteiger partial charge < -0.3 is 18.8 Å². The van der Waals surface area contributed by atoms with Gasteiger partial charge in [-0.3, -0.25) is 4.79 Å². The van der Waals surface area contributed by atoms with Crippen LogP contribution in [0.25, 0.3) is 22.2 Å². The zero-order valence-electron chi connectivity index (χ0n) is 28.8. The van der Waals surface area contributed by atoms with Gasteiger partial charge in [-0.05, 0) is 99.4 Å². The lowest BCUT2D eigenvalue weighted by Crippen LogP contribution is -2.46. The van der Waals surface area contributed by atoms with Crippen LogP contribution in [0.15, 0.2) is 66.7 Å². The Morgan fingerprint density at radius 1 is 0.980 bits per heavy atom. The number of nitrogens with zero attached hydrogens (tertiary/aromatic N) is 2. The van der Waals surface area contributed by atoms with Crippen molar-refractivity contribution in [2.24, 2.45) is 5.41 Å². The molecule has 0 N–H and O–H groups in total. The molecule has 3 atom stereocenters. The molecule has 1 saturated heterocycles. The fraction of sp³-hybridized carbons (Fsp3) is 0.439. The van der Waals surface area contributed by atoms with Crippen molar-refractivity contribution in [3.63, 3.8) is 0 Å². The molecule has 0 spiro atoms. The summed E-state index contributed by atoms with van der Waals surface area (Å²) in [6, 6.07) is 21.7. The fourth-order valence-electron chi connectivity index (χ4n) is 8.73. The summed E-state index contributed by atoms with van der Waals surface area (Å²) < 4.78 is 19.4. The highest BCUT2D eigenvalue weighted by atomic mass is 16.6. The lowest BCUT2D eigenvalue weighted by atomic mass is 9.81. The van der Waals surface area contributed by atoms with Crippen LogP contribution in [-0.2, 0) is 27.2 Å². The Morgan fingerprint density at radius 3 is 2.49 bits per heavy atom. The molecular formula is C41H44N2O6. The molecule has 8 heteroatoms. The molecule has 0 bridgehead atoms. The molecule has 3 heterocycles. The molecule has 2 amide bonds. The third-order valence-corrected chi connectivity index (χ3v) is 11.1. The molecule has 4 aromatic rings. The third kappa shape index (κ3) is 5.40. The van der Waals surface area contributed by atoms with Crippen LogP contribution in [0.2, 0.25) is 0 Å². The first-order valence-corrected chi connectivity index (χ1v) is 17.7. The fourth-order valence-corrected chi connectivity index (χ4v) is 8.73. The quantitative estimate of drug-likeness (QED) is 0.193. The number of benzene rings is 3. The minimum atomic E-state index is -0.859. The predicted molar refractivity (Wildman–Crippen MR) is 187 cm³/mol. The second-order valence-corrected chi connectivity index (χ2v) is 15.4. The minimum Gasteiger partial charge on any atom is -0.497 e. The van der Waals surface area contributed by atoms with Crippen LogP contribution in [0.1, 0.15) is 98.2 Å². The van der Waals surface area contributed by atoms with E-state index in [1.807, 2.05) is 69.3 Å². The van der Waals surface area contributed by atoms with E-state index in [2.05, 4.69) is 22.8 Å². The molecule has 49 heavy (non-hydrogen) atoms. The van der Waals surface area contributed by atoms with Crippen LogP contribution >= 0.6 is 0 Å². The lowest BCUT2D eigenvalue weighted by molar-refractivity contribution is -0.135. The number of esters is 1. The number of imide groups is 1. The Labute approximate surface area is 287 Å². The topological polar surface area (TPSA) is 87.1 Å². The molecule has 0 radical (unpaired) electrons. The van der Waals surface area contributed by atoms with Gasteiger partial charge in [0.05, 0.1) is 29.8 Å². The monoisotopic (exact) mass is 660 g/mol. The van der Waals surface area contributed by atoms with E-state index in [4.69, 9.17) is 14.2 Å². The highest BCUT2D eigenvalue weighted by Gasteiger charge is 2.65. The summed E-state index contributed by atoms with van der Waals surface area (Å²) in [7, 11) is 1.67. The maximum atomic E-state index is 15.0. The molecule has 8 nitrogen and oxygen atoms in total. The second-order valence-electron chi connectivity index (χ2n) is 15.4. The average molecular weight is 661 g/mol. The van der Waals surface area contributed by atoms with Crippen molar-refractivity contribution in [3.05, 3.63) is 89.0 Å². The Balaban J connectivity index is 1.30. The van der Waals surface area contributed by atoms with Crippen molar-refractivity contribution in [3.8, 4) is 17.0 Å². The highest BCUT2D eigenvalue weighted by Crippen LogP contribution is 2.66. The molecule has 1 aromatic heterocycles. The average Bonchev–Trinajstić information content (AvgIpc) is 3.63. The number of hydrogen-bond acceptors (Lipinski definition) is 6. The van der Waals surface area contributed by atoms with E-state index in [9.17, 15) is 14.4 Å². The maximum Gasteiger partial charge on any atom is 0.417 e. The van der Waals surface area contributed by atoms with Gasteiger partial charge in [-0.25, -0.2) is 14.5 Å². The third-order valence-electron chi connectivity index (χ3n) is 11.1. The molecule has 2 aliphatic carbocycles. The summed E-state index contributed by atoms with van der Waals surface area (Å²) in [4.78, 5) is 43.1. The smallest absolute Gasteiger partial charge is 0.417 e. The summed E-state index contributed by atoms with van der Waals surface area (Å²) in [5, 5.41) is 1.11. The summed E-state index contributed by atoms with van der Waals surface area (Å²) in [6.45, 7) is 6.18. The number of amides is 2. The molecule has 254 valence electrons. The number of hydrogen-bond donors (Lipinski definition) is 0. The van der Waals surface area contributed by atoms with Gasteiger partial charge >= 0.3 is 12.1 Å². The van der Waals surface area contributed by atoms with Crippen molar-refractivity contribution in [2.45, 2.75) is 95.7 Å². The number of fused-ring (bicyclic) bond motifs is 7. The van der Waals surface area contributed by atoms with Gasteiger partial charge in [-0.1, -0.05) is 55.7 Å². The number of ether oxygens (including phenoxy) is 3. The van der Waals surface area contributed by atoms with Gasteiger partial charge in [0.2, 0.25) is 5.91 Å². The largest absolute Gasteiger partial charge is 0.497 e. The Morgan fingerprint density at radius 2 is 1.76 bits per heavy atom. The van der Waals surface area contributed by atoms with Gasteiger partial charge in [0.15, 0.2) is 0 Å². The van der Waals surface area contributed by atoms with Gasteiger partial charge in [0.1, 0.15) is 18.0 Å².